The van der Waals surface area contributed by atoms with E-state index in [4.69, 9.17) is 20.8 Å². The quantitative estimate of drug-likeness (QED) is 0.812. The van der Waals surface area contributed by atoms with Gasteiger partial charge in [-0.15, -0.1) is 0 Å². The van der Waals surface area contributed by atoms with Crippen molar-refractivity contribution in [1.82, 2.24) is 0 Å². The van der Waals surface area contributed by atoms with Crippen molar-refractivity contribution in [2.45, 2.75) is 31.3 Å². The van der Waals surface area contributed by atoms with Gasteiger partial charge in [0.25, 0.3) is 0 Å². The molecule has 0 saturated heterocycles. The first kappa shape index (κ1) is 15.1. The van der Waals surface area contributed by atoms with E-state index >= 15 is 0 Å². The van der Waals surface area contributed by atoms with Crippen molar-refractivity contribution >= 4 is 39.3 Å². The Balaban J connectivity index is 2.45. The van der Waals surface area contributed by atoms with E-state index in [0.717, 1.165) is 0 Å². The second kappa shape index (κ2) is 5.97. The molecular weight excluding hydrogens is 300 g/mol. The summed E-state index contributed by atoms with van der Waals surface area (Å²) in [7, 11) is -1.28. The SMILES string of the molecule is CC(C)OC(=O)Cc1oc2ccc(Cl)cc2c1S(C)=O. The van der Waals surface area contributed by atoms with Crippen LogP contribution in [-0.4, -0.2) is 22.5 Å². The molecule has 0 fully saturated rings. The van der Waals surface area contributed by atoms with Crippen LogP contribution in [0.5, 0.6) is 0 Å². The molecule has 108 valence electrons. The predicted octanol–water partition coefficient (Wildman–Crippen LogP) is 3.32. The number of benzene rings is 1. The van der Waals surface area contributed by atoms with Crippen LogP contribution in [0.15, 0.2) is 27.5 Å². The summed E-state index contributed by atoms with van der Waals surface area (Å²) in [5.74, 6) is -0.0365. The fraction of sp³-hybridized carbons (Fsp3) is 0.357. The van der Waals surface area contributed by atoms with E-state index in [9.17, 15) is 9.00 Å². The molecule has 1 aromatic heterocycles. The topological polar surface area (TPSA) is 56.5 Å². The Morgan fingerprint density at radius 3 is 2.75 bits per heavy atom. The van der Waals surface area contributed by atoms with Gasteiger partial charge in [0.2, 0.25) is 0 Å². The van der Waals surface area contributed by atoms with Gasteiger partial charge in [0.1, 0.15) is 17.8 Å². The first-order valence-corrected chi connectivity index (χ1v) is 8.06. The van der Waals surface area contributed by atoms with E-state index in [2.05, 4.69) is 0 Å². The van der Waals surface area contributed by atoms with Crippen molar-refractivity contribution in [2.75, 3.05) is 6.26 Å². The Morgan fingerprint density at radius 2 is 2.15 bits per heavy atom. The Labute approximate surface area is 124 Å². The number of furan rings is 1. The normalized spacial score (nSPS) is 12.8. The largest absolute Gasteiger partial charge is 0.463 e. The van der Waals surface area contributed by atoms with Gasteiger partial charge in [-0.05, 0) is 32.0 Å². The van der Waals surface area contributed by atoms with Gasteiger partial charge < -0.3 is 9.15 Å². The van der Waals surface area contributed by atoms with E-state index in [0.29, 0.717) is 26.6 Å². The molecule has 0 amide bonds. The van der Waals surface area contributed by atoms with Crippen molar-refractivity contribution in [1.29, 1.82) is 0 Å². The van der Waals surface area contributed by atoms with Crippen LogP contribution in [0, 0.1) is 0 Å². The van der Waals surface area contributed by atoms with Gasteiger partial charge >= 0.3 is 5.97 Å². The lowest BCUT2D eigenvalue weighted by molar-refractivity contribution is -0.146. The van der Waals surface area contributed by atoms with Gasteiger partial charge in [-0.3, -0.25) is 9.00 Å². The molecular formula is C14H15ClO4S. The summed E-state index contributed by atoms with van der Waals surface area (Å²) in [4.78, 5) is 12.2. The molecule has 0 bridgehead atoms. The molecule has 4 nitrogen and oxygen atoms in total. The molecule has 20 heavy (non-hydrogen) atoms. The molecule has 0 radical (unpaired) electrons. The number of rotatable bonds is 4. The molecule has 2 rings (SSSR count). The fourth-order valence-electron chi connectivity index (χ4n) is 1.97. The van der Waals surface area contributed by atoms with Crippen molar-refractivity contribution in [2.24, 2.45) is 0 Å². The molecule has 6 heteroatoms. The minimum atomic E-state index is -1.28. The second-order valence-corrected chi connectivity index (χ2v) is 6.42. The lowest BCUT2D eigenvalue weighted by Gasteiger charge is -2.06. The summed E-state index contributed by atoms with van der Waals surface area (Å²) in [5.41, 5.74) is 0.562. The molecule has 0 aliphatic heterocycles. The number of halogens is 1. The highest BCUT2D eigenvalue weighted by molar-refractivity contribution is 7.84. The number of carbonyl (C=O) groups is 1. The Morgan fingerprint density at radius 1 is 1.45 bits per heavy atom. The molecule has 0 saturated carbocycles. The summed E-state index contributed by atoms with van der Waals surface area (Å²) in [6.45, 7) is 3.55. The molecule has 0 aliphatic carbocycles. The average Bonchev–Trinajstić information content (AvgIpc) is 2.64. The summed E-state index contributed by atoms with van der Waals surface area (Å²) >= 11 is 5.95. The molecule has 1 unspecified atom stereocenters. The van der Waals surface area contributed by atoms with E-state index < -0.39 is 16.8 Å². The standard InChI is InChI=1S/C14H15ClO4S/c1-8(2)18-13(16)7-12-14(20(3)17)10-6-9(15)4-5-11(10)19-12/h4-6,8H,7H2,1-3H3. The van der Waals surface area contributed by atoms with Crippen molar-refractivity contribution < 1.29 is 18.2 Å². The third-order valence-electron chi connectivity index (χ3n) is 2.63. The van der Waals surface area contributed by atoms with Crippen molar-refractivity contribution in [3.05, 3.63) is 29.0 Å². The summed E-state index contributed by atoms with van der Waals surface area (Å²) < 4.78 is 22.6. The highest BCUT2D eigenvalue weighted by atomic mass is 35.5. The van der Waals surface area contributed by atoms with Gasteiger partial charge in [0.05, 0.1) is 21.8 Å². The van der Waals surface area contributed by atoms with Crippen molar-refractivity contribution in [3.8, 4) is 0 Å². The fourth-order valence-corrected chi connectivity index (χ4v) is 3.04. The predicted molar refractivity (Wildman–Crippen MR) is 78.5 cm³/mol. The van der Waals surface area contributed by atoms with Gasteiger partial charge in [-0.1, -0.05) is 11.6 Å². The highest BCUT2D eigenvalue weighted by Gasteiger charge is 2.21. The van der Waals surface area contributed by atoms with Crippen LogP contribution in [0.25, 0.3) is 11.0 Å². The van der Waals surface area contributed by atoms with Gasteiger partial charge in [0.15, 0.2) is 0 Å². The summed E-state index contributed by atoms with van der Waals surface area (Å²) in [6.07, 6.45) is 1.30. The maximum Gasteiger partial charge on any atom is 0.313 e. The second-order valence-electron chi connectivity index (χ2n) is 4.66. The molecule has 0 N–H and O–H groups in total. The minimum absolute atomic E-state index is 0.0423. The van der Waals surface area contributed by atoms with Crippen LogP contribution in [0.1, 0.15) is 19.6 Å². The lowest BCUT2D eigenvalue weighted by Crippen LogP contribution is -2.14. The van der Waals surface area contributed by atoms with Crippen LogP contribution in [0.4, 0.5) is 0 Å². The van der Waals surface area contributed by atoms with Crippen molar-refractivity contribution in [3.63, 3.8) is 0 Å². The van der Waals surface area contributed by atoms with E-state index in [1.165, 1.54) is 0 Å². The molecule has 2 aromatic rings. The van der Waals surface area contributed by atoms with Crippen LogP contribution >= 0.6 is 11.6 Å². The highest BCUT2D eigenvalue weighted by Crippen LogP contribution is 2.31. The van der Waals surface area contributed by atoms with Gasteiger partial charge in [-0.25, -0.2) is 0 Å². The third-order valence-corrected chi connectivity index (χ3v) is 3.89. The number of fused-ring (bicyclic) bond motifs is 1. The zero-order chi connectivity index (χ0) is 14.9. The number of hydrogen-bond acceptors (Lipinski definition) is 4. The molecule has 0 spiro atoms. The monoisotopic (exact) mass is 314 g/mol. The van der Waals surface area contributed by atoms with E-state index in [1.807, 2.05) is 0 Å². The number of carbonyl (C=O) groups excluding carboxylic acids is 1. The average molecular weight is 315 g/mol. The first-order valence-electron chi connectivity index (χ1n) is 6.12. The van der Waals surface area contributed by atoms with Gasteiger partial charge in [-0.2, -0.15) is 0 Å². The molecule has 1 heterocycles. The van der Waals surface area contributed by atoms with Crippen LogP contribution < -0.4 is 0 Å². The Bertz CT molecular complexity index is 675. The van der Waals surface area contributed by atoms with E-state index in [-0.39, 0.29) is 12.5 Å². The van der Waals surface area contributed by atoms with E-state index in [1.54, 1.807) is 38.3 Å². The number of ether oxygens (including phenoxy) is 1. The minimum Gasteiger partial charge on any atom is -0.463 e. The summed E-state index contributed by atoms with van der Waals surface area (Å²) in [6, 6.07) is 5.08. The number of hydrogen-bond donors (Lipinski definition) is 0. The molecule has 1 aromatic carbocycles. The third kappa shape index (κ3) is 3.22. The van der Waals surface area contributed by atoms with Crippen LogP contribution in [0.3, 0.4) is 0 Å². The first-order chi connectivity index (χ1) is 9.38. The zero-order valence-electron chi connectivity index (χ0n) is 11.4. The van der Waals surface area contributed by atoms with Crippen LogP contribution in [-0.2, 0) is 26.8 Å². The molecule has 1 atom stereocenters. The lowest BCUT2D eigenvalue weighted by atomic mass is 10.2. The van der Waals surface area contributed by atoms with Crippen LogP contribution in [0.2, 0.25) is 5.02 Å². The smallest absolute Gasteiger partial charge is 0.313 e. The Kier molecular flexibility index (Phi) is 4.50. The molecule has 0 aliphatic rings. The van der Waals surface area contributed by atoms with Gasteiger partial charge in [0, 0.05) is 16.7 Å². The zero-order valence-corrected chi connectivity index (χ0v) is 13.0. The number of esters is 1. The maximum absolute atomic E-state index is 11.9. The Hall–Kier alpha value is -1.33. The maximum atomic E-state index is 11.9. The summed E-state index contributed by atoms with van der Waals surface area (Å²) in [5, 5.41) is 1.20.